The zero-order valence-corrected chi connectivity index (χ0v) is 16.5. The summed E-state index contributed by atoms with van der Waals surface area (Å²) in [4.78, 5) is 59.9. The van der Waals surface area contributed by atoms with E-state index in [0.717, 1.165) is 12.3 Å². The van der Waals surface area contributed by atoms with Crippen LogP contribution >= 0.6 is 23.5 Å². The first-order chi connectivity index (χ1) is 13.1. The van der Waals surface area contributed by atoms with Crippen molar-refractivity contribution in [3.05, 3.63) is 33.1 Å². The number of nitrogens with zero attached hydrogens (tertiary/aromatic N) is 1. The lowest BCUT2D eigenvalue weighted by Crippen LogP contribution is -2.37. The fourth-order valence-corrected chi connectivity index (χ4v) is 5.23. The van der Waals surface area contributed by atoms with Gasteiger partial charge in [0.05, 0.1) is 6.61 Å². The van der Waals surface area contributed by atoms with Crippen LogP contribution in [0.25, 0.3) is 0 Å². The molecule has 1 aliphatic rings. The average molecular weight is 500 g/mol. The van der Waals surface area contributed by atoms with Crippen molar-refractivity contribution in [1.82, 2.24) is 9.55 Å². The molecule has 6 unspecified atom stereocenters. The molecule has 174 valence electrons. The Morgan fingerprint density at radius 1 is 1.03 bits per heavy atom. The van der Waals surface area contributed by atoms with Crippen molar-refractivity contribution in [2.75, 3.05) is 6.61 Å². The molecular weight excluding hydrogens is 481 g/mol. The standard InChI is InChI=1S/C9H15N2O15P3.CH4/c12-5-1-2-11(9(15)10-5)8-7(14)6(13)4(24-8)3-23-28(19,20)26-29(21,22)25-27(16,17)18;/h1-2,4,6-8,13-14H,3H2,(H,19,20)(H,21,22)(H,10,12,15)(H2,16,17,18);1H4. The van der Waals surface area contributed by atoms with Gasteiger partial charge in [-0.25, -0.2) is 18.5 Å². The number of nitrogens with one attached hydrogen (secondary N) is 1. The molecule has 1 aromatic heterocycles. The number of aliphatic hydroxyl groups is 2. The second-order valence-corrected chi connectivity index (χ2v) is 9.87. The second-order valence-electron chi connectivity index (χ2n) is 5.45. The molecule has 20 heteroatoms. The van der Waals surface area contributed by atoms with Crippen LogP contribution in [-0.4, -0.2) is 64.3 Å². The van der Waals surface area contributed by atoms with Crippen LogP contribution < -0.4 is 11.2 Å². The molecule has 0 spiro atoms. The van der Waals surface area contributed by atoms with Crippen LogP contribution in [0.5, 0.6) is 0 Å². The van der Waals surface area contributed by atoms with Crippen LogP contribution in [0.1, 0.15) is 13.7 Å². The lowest BCUT2D eigenvalue weighted by atomic mass is 10.1. The number of hydrogen-bond acceptors (Lipinski definition) is 11. The summed E-state index contributed by atoms with van der Waals surface area (Å²) < 4.78 is 50.6. The molecule has 30 heavy (non-hydrogen) atoms. The third-order valence-electron chi connectivity index (χ3n) is 3.28. The molecular formula is C10H19N2O15P3. The molecule has 2 heterocycles. The summed E-state index contributed by atoms with van der Waals surface area (Å²) in [7, 11) is -16.8. The average Bonchev–Trinajstić information content (AvgIpc) is 2.78. The number of ether oxygens (including phenoxy) is 1. The van der Waals surface area contributed by atoms with Gasteiger partial charge in [-0.3, -0.25) is 18.9 Å². The lowest BCUT2D eigenvalue weighted by molar-refractivity contribution is -0.0542. The molecule has 1 aromatic rings. The SMILES string of the molecule is C.O=c1ccn(C2OC(COP(=O)(O)OP(=O)(O)OP(=O)(O)O)C(O)C2O)c(=O)[nH]1. The number of phosphoric ester groups is 1. The number of rotatable bonds is 8. The van der Waals surface area contributed by atoms with E-state index in [1.807, 2.05) is 4.98 Å². The van der Waals surface area contributed by atoms with Gasteiger partial charge in [0.1, 0.15) is 18.3 Å². The molecule has 0 radical (unpaired) electrons. The summed E-state index contributed by atoms with van der Waals surface area (Å²) in [6.45, 7) is -1.05. The Bertz CT molecular complexity index is 999. The minimum atomic E-state index is -5.73. The molecule has 0 amide bonds. The molecule has 0 bridgehead atoms. The highest BCUT2D eigenvalue weighted by Crippen LogP contribution is 2.66. The predicted octanol–water partition coefficient (Wildman–Crippen LogP) is -1.86. The highest BCUT2D eigenvalue weighted by atomic mass is 31.3. The normalized spacial score (nSPS) is 28.3. The van der Waals surface area contributed by atoms with E-state index in [2.05, 4.69) is 13.1 Å². The molecule has 1 aliphatic heterocycles. The van der Waals surface area contributed by atoms with E-state index < -0.39 is 65.9 Å². The van der Waals surface area contributed by atoms with Crippen molar-refractivity contribution in [3.63, 3.8) is 0 Å². The highest BCUT2D eigenvalue weighted by molar-refractivity contribution is 7.66. The van der Waals surface area contributed by atoms with Crippen molar-refractivity contribution in [2.45, 2.75) is 32.0 Å². The van der Waals surface area contributed by atoms with Crippen molar-refractivity contribution >= 4 is 23.5 Å². The van der Waals surface area contributed by atoms with E-state index >= 15 is 0 Å². The summed E-state index contributed by atoms with van der Waals surface area (Å²) in [5.74, 6) is 0. The number of phosphoric acid groups is 3. The van der Waals surface area contributed by atoms with Gasteiger partial charge in [-0.05, 0) is 0 Å². The van der Waals surface area contributed by atoms with Crippen molar-refractivity contribution in [3.8, 4) is 0 Å². The molecule has 17 nitrogen and oxygen atoms in total. The molecule has 0 aromatic carbocycles. The van der Waals surface area contributed by atoms with E-state index in [0.29, 0.717) is 4.57 Å². The summed E-state index contributed by atoms with van der Waals surface area (Å²) in [5.41, 5.74) is -1.74. The Morgan fingerprint density at radius 3 is 2.17 bits per heavy atom. The third-order valence-corrected chi connectivity index (χ3v) is 7.08. The number of aromatic amines is 1. The summed E-state index contributed by atoms with van der Waals surface area (Å²) in [6.07, 6.45) is -5.70. The van der Waals surface area contributed by atoms with Crippen molar-refractivity contribution in [1.29, 1.82) is 0 Å². The topological polar surface area (TPSA) is 264 Å². The van der Waals surface area contributed by atoms with Crippen molar-refractivity contribution in [2.24, 2.45) is 0 Å². The maximum atomic E-state index is 11.7. The number of H-pyrrole nitrogens is 1. The highest BCUT2D eigenvalue weighted by Gasteiger charge is 2.46. The molecule has 2 rings (SSSR count). The molecule has 1 saturated heterocycles. The maximum absolute atomic E-state index is 11.7. The van der Waals surface area contributed by atoms with E-state index in [1.54, 1.807) is 0 Å². The quantitative estimate of drug-likeness (QED) is 0.193. The fourth-order valence-electron chi connectivity index (χ4n) is 2.20. The van der Waals surface area contributed by atoms with Gasteiger partial charge in [0, 0.05) is 12.3 Å². The van der Waals surface area contributed by atoms with Crippen LogP contribution in [0.15, 0.2) is 21.9 Å². The Hall–Kier alpha value is -1.03. The first-order valence-electron chi connectivity index (χ1n) is 7.22. The predicted molar refractivity (Wildman–Crippen MR) is 93.8 cm³/mol. The molecule has 0 aliphatic carbocycles. The second kappa shape index (κ2) is 9.63. The van der Waals surface area contributed by atoms with Gasteiger partial charge in [-0.2, -0.15) is 8.62 Å². The molecule has 6 atom stereocenters. The first-order valence-corrected chi connectivity index (χ1v) is 11.7. The van der Waals surface area contributed by atoms with E-state index in [-0.39, 0.29) is 7.43 Å². The van der Waals surface area contributed by atoms with Crippen LogP contribution in [0.2, 0.25) is 0 Å². The Kier molecular flexibility index (Phi) is 8.67. The van der Waals surface area contributed by atoms with Crippen molar-refractivity contribution < 1.29 is 61.4 Å². The minimum absolute atomic E-state index is 0. The third kappa shape index (κ3) is 7.28. The van der Waals surface area contributed by atoms with Crippen LogP contribution in [0.3, 0.4) is 0 Å². The summed E-state index contributed by atoms with van der Waals surface area (Å²) in [6, 6.07) is 0.920. The minimum Gasteiger partial charge on any atom is -0.387 e. The zero-order chi connectivity index (χ0) is 22.2. The van der Waals surface area contributed by atoms with Gasteiger partial charge >= 0.3 is 29.2 Å². The van der Waals surface area contributed by atoms with E-state index in [9.17, 15) is 38.4 Å². The van der Waals surface area contributed by atoms with Gasteiger partial charge in [-0.1, -0.05) is 7.43 Å². The van der Waals surface area contributed by atoms with E-state index in [1.165, 1.54) is 0 Å². The van der Waals surface area contributed by atoms with Gasteiger partial charge < -0.3 is 34.5 Å². The van der Waals surface area contributed by atoms with Gasteiger partial charge in [0.2, 0.25) is 0 Å². The lowest BCUT2D eigenvalue weighted by Gasteiger charge is -2.19. The number of aromatic nitrogens is 2. The number of hydrogen-bond donors (Lipinski definition) is 7. The monoisotopic (exact) mass is 500 g/mol. The summed E-state index contributed by atoms with van der Waals surface area (Å²) in [5, 5.41) is 19.9. The maximum Gasteiger partial charge on any atom is 0.490 e. The Balaban J connectivity index is 0.00000450. The Labute approximate surface area is 166 Å². The number of aliphatic hydroxyl groups excluding tert-OH is 2. The molecule has 1 fully saturated rings. The smallest absolute Gasteiger partial charge is 0.387 e. The molecule has 0 saturated carbocycles. The first kappa shape index (κ1) is 27.0. The Morgan fingerprint density at radius 2 is 1.63 bits per heavy atom. The van der Waals surface area contributed by atoms with Gasteiger partial charge in [0.15, 0.2) is 6.23 Å². The van der Waals surface area contributed by atoms with Crippen LogP contribution in [0, 0.1) is 0 Å². The zero-order valence-electron chi connectivity index (χ0n) is 13.8. The summed E-state index contributed by atoms with van der Waals surface area (Å²) >= 11 is 0. The van der Waals surface area contributed by atoms with Crippen LogP contribution in [-0.2, 0) is 31.6 Å². The molecule has 7 N–H and O–H groups in total. The van der Waals surface area contributed by atoms with Gasteiger partial charge in [-0.15, -0.1) is 0 Å². The largest absolute Gasteiger partial charge is 0.490 e. The fraction of sp³-hybridized carbons (Fsp3) is 0.600. The van der Waals surface area contributed by atoms with Gasteiger partial charge in [0.25, 0.3) is 5.56 Å². The van der Waals surface area contributed by atoms with E-state index in [4.69, 9.17) is 19.4 Å². The van der Waals surface area contributed by atoms with Crippen LogP contribution in [0.4, 0.5) is 0 Å².